The van der Waals surface area contributed by atoms with E-state index in [9.17, 15) is 4.79 Å². The minimum absolute atomic E-state index is 0.292. The van der Waals surface area contributed by atoms with E-state index in [0.29, 0.717) is 12.1 Å². The summed E-state index contributed by atoms with van der Waals surface area (Å²) in [5, 5.41) is 8.59. The molecule has 3 rings (SSSR count). The number of hydrogen-bond acceptors (Lipinski definition) is 5. The highest BCUT2D eigenvalue weighted by Gasteiger charge is 2.12. The Morgan fingerprint density at radius 1 is 1.29 bits per heavy atom. The van der Waals surface area contributed by atoms with Gasteiger partial charge in [0.15, 0.2) is 0 Å². The number of nitrogens with one attached hydrogen (secondary N) is 1. The molecule has 7 nitrogen and oxygen atoms in total. The van der Waals surface area contributed by atoms with E-state index in [4.69, 9.17) is 4.74 Å². The number of hydrazone groups is 1. The average molecular weight is 442 g/mol. The van der Waals surface area contributed by atoms with Crippen LogP contribution in [0.1, 0.15) is 32.9 Å². The Morgan fingerprint density at radius 2 is 2.04 bits per heavy atom. The summed E-state index contributed by atoms with van der Waals surface area (Å²) in [5.41, 5.74) is 6.80. The number of aryl methyl sites for hydroxylation is 1. The lowest BCUT2D eigenvalue weighted by atomic mass is 10.1. The van der Waals surface area contributed by atoms with Crippen LogP contribution in [0.15, 0.2) is 52.3 Å². The number of carbonyl (C=O) groups excluding carboxylic acids is 1. The van der Waals surface area contributed by atoms with E-state index < -0.39 is 0 Å². The summed E-state index contributed by atoms with van der Waals surface area (Å²) in [7, 11) is 1.64. The third-order valence-electron chi connectivity index (χ3n) is 4.24. The third-order valence-corrected chi connectivity index (χ3v) is 5.39. The van der Waals surface area contributed by atoms with E-state index in [0.717, 1.165) is 32.7 Å². The fourth-order valence-electron chi connectivity index (χ4n) is 2.73. The molecular weight excluding hydrogens is 422 g/mol. The van der Waals surface area contributed by atoms with E-state index in [-0.39, 0.29) is 5.91 Å². The SMILES string of the molecule is COc1ccc(C=NNC(=O)c2ccncc2)cc1Cn1nc(C)c(Br)c1C. The number of methoxy groups -OCH3 is 1. The molecule has 144 valence electrons. The predicted molar refractivity (Wildman–Crippen MR) is 111 cm³/mol. The molecule has 0 unspecified atom stereocenters. The second-order valence-electron chi connectivity index (χ2n) is 6.15. The van der Waals surface area contributed by atoms with Crippen LogP contribution in [0, 0.1) is 13.8 Å². The highest BCUT2D eigenvalue weighted by Crippen LogP contribution is 2.24. The zero-order chi connectivity index (χ0) is 20.1. The van der Waals surface area contributed by atoms with Gasteiger partial charge in [-0.1, -0.05) is 0 Å². The first-order chi connectivity index (χ1) is 13.5. The Hall–Kier alpha value is -3.00. The third kappa shape index (κ3) is 4.45. The Bertz CT molecular complexity index is 1010. The minimum Gasteiger partial charge on any atom is -0.496 e. The van der Waals surface area contributed by atoms with Gasteiger partial charge in [0.25, 0.3) is 5.91 Å². The number of carbonyl (C=O) groups is 1. The Morgan fingerprint density at radius 3 is 2.68 bits per heavy atom. The van der Waals surface area contributed by atoms with E-state index >= 15 is 0 Å². The molecule has 3 aromatic rings. The summed E-state index contributed by atoms with van der Waals surface area (Å²) >= 11 is 3.55. The lowest BCUT2D eigenvalue weighted by molar-refractivity contribution is 0.0955. The smallest absolute Gasteiger partial charge is 0.271 e. The Labute approximate surface area is 171 Å². The molecule has 0 bridgehead atoms. The van der Waals surface area contributed by atoms with Gasteiger partial charge < -0.3 is 4.74 Å². The first kappa shape index (κ1) is 19.8. The summed E-state index contributed by atoms with van der Waals surface area (Å²) in [6.07, 6.45) is 4.72. The predicted octanol–water partition coefficient (Wildman–Crippen LogP) is 3.48. The quantitative estimate of drug-likeness (QED) is 0.468. The lowest BCUT2D eigenvalue weighted by Gasteiger charge is -2.11. The second kappa shape index (κ2) is 8.79. The number of ether oxygens (including phenoxy) is 1. The van der Waals surface area contributed by atoms with Crippen molar-refractivity contribution in [2.75, 3.05) is 7.11 Å². The number of aromatic nitrogens is 3. The highest BCUT2D eigenvalue weighted by atomic mass is 79.9. The van der Waals surface area contributed by atoms with Crippen LogP contribution in [-0.4, -0.2) is 34.0 Å². The van der Waals surface area contributed by atoms with Crippen molar-refractivity contribution in [1.29, 1.82) is 0 Å². The number of amides is 1. The molecule has 0 aliphatic carbocycles. The van der Waals surface area contributed by atoms with Gasteiger partial charge in [-0.25, -0.2) is 5.43 Å². The van der Waals surface area contributed by atoms with Crippen molar-refractivity contribution in [3.8, 4) is 5.75 Å². The molecule has 1 aromatic carbocycles. The van der Waals surface area contributed by atoms with Gasteiger partial charge in [0, 0.05) is 23.5 Å². The second-order valence-corrected chi connectivity index (χ2v) is 6.94. The summed E-state index contributed by atoms with van der Waals surface area (Å²) in [4.78, 5) is 15.9. The number of pyridine rings is 1. The first-order valence-electron chi connectivity index (χ1n) is 8.59. The lowest BCUT2D eigenvalue weighted by Crippen LogP contribution is -2.17. The molecule has 0 radical (unpaired) electrons. The normalized spacial score (nSPS) is 11.0. The molecule has 1 N–H and O–H groups in total. The summed E-state index contributed by atoms with van der Waals surface area (Å²) in [5.74, 6) is 0.474. The van der Waals surface area contributed by atoms with Gasteiger partial charge in [-0.2, -0.15) is 10.2 Å². The maximum atomic E-state index is 12.0. The van der Waals surface area contributed by atoms with E-state index in [1.807, 2.05) is 36.7 Å². The van der Waals surface area contributed by atoms with Crippen molar-refractivity contribution in [1.82, 2.24) is 20.2 Å². The number of benzene rings is 1. The Kier molecular flexibility index (Phi) is 6.20. The molecule has 0 saturated heterocycles. The molecular formula is C20H20BrN5O2. The van der Waals surface area contributed by atoms with Crippen LogP contribution < -0.4 is 10.2 Å². The van der Waals surface area contributed by atoms with Crippen LogP contribution in [0.25, 0.3) is 0 Å². The molecule has 28 heavy (non-hydrogen) atoms. The van der Waals surface area contributed by atoms with Crippen LogP contribution in [0.2, 0.25) is 0 Å². The summed E-state index contributed by atoms with van der Waals surface area (Å²) in [6.45, 7) is 4.53. The number of halogens is 1. The van der Waals surface area contributed by atoms with Crippen LogP contribution in [0.3, 0.4) is 0 Å². The topological polar surface area (TPSA) is 81.4 Å². The molecule has 1 amide bonds. The van der Waals surface area contributed by atoms with Crippen molar-refractivity contribution < 1.29 is 9.53 Å². The van der Waals surface area contributed by atoms with Gasteiger partial charge in [-0.15, -0.1) is 0 Å². The van der Waals surface area contributed by atoms with Crippen LogP contribution in [0.5, 0.6) is 5.75 Å². The van der Waals surface area contributed by atoms with Crippen molar-refractivity contribution in [2.24, 2.45) is 5.10 Å². The van der Waals surface area contributed by atoms with E-state index in [2.05, 4.69) is 36.5 Å². The molecule has 0 fully saturated rings. The van der Waals surface area contributed by atoms with E-state index in [1.54, 1.807) is 37.9 Å². The fraction of sp³-hybridized carbons (Fsp3) is 0.200. The molecule has 8 heteroatoms. The summed E-state index contributed by atoms with van der Waals surface area (Å²) in [6, 6.07) is 8.97. The molecule has 2 heterocycles. The monoisotopic (exact) mass is 441 g/mol. The number of hydrogen-bond donors (Lipinski definition) is 1. The largest absolute Gasteiger partial charge is 0.496 e. The van der Waals surface area contributed by atoms with Crippen LogP contribution in [0.4, 0.5) is 0 Å². The van der Waals surface area contributed by atoms with Crippen molar-refractivity contribution in [3.63, 3.8) is 0 Å². The molecule has 0 spiro atoms. The zero-order valence-corrected chi connectivity index (χ0v) is 17.4. The van der Waals surface area contributed by atoms with Gasteiger partial charge in [0.2, 0.25) is 0 Å². The first-order valence-corrected chi connectivity index (χ1v) is 9.38. The van der Waals surface area contributed by atoms with Gasteiger partial charge in [0.1, 0.15) is 5.75 Å². The summed E-state index contributed by atoms with van der Waals surface area (Å²) < 4.78 is 8.40. The van der Waals surface area contributed by atoms with Crippen LogP contribution >= 0.6 is 15.9 Å². The standard InChI is InChI=1S/C20H20BrN5O2/c1-13-19(21)14(2)26(25-13)12-17-10-15(4-5-18(17)28-3)11-23-24-20(27)16-6-8-22-9-7-16/h4-11H,12H2,1-3H3,(H,24,27). The maximum Gasteiger partial charge on any atom is 0.271 e. The number of nitrogens with zero attached hydrogens (tertiary/aromatic N) is 4. The molecule has 0 aliphatic heterocycles. The fourth-order valence-corrected chi connectivity index (χ4v) is 3.01. The van der Waals surface area contributed by atoms with Crippen LogP contribution in [-0.2, 0) is 6.54 Å². The van der Waals surface area contributed by atoms with Crippen molar-refractivity contribution in [3.05, 3.63) is 75.3 Å². The van der Waals surface area contributed by atoms with Gasteiger partial charge in [-0.3, -0.25) is 14.5 Å². The highest BCUT2D eigenvalue weighted by molar-refractivity contribution is 9.10. The molecule has 0 saturated carbocycles. The number of rotatable bonds is 6. The Balaban J connectivity index is 1.77. The van der Waals surface area contributed by atoms with E-state index in [1.165, 1.54) is 0 Å². The van der Waals surface area contributed by atoms with Gasteiger partial charge >= 0.3 is 0 Å². The minimum atomic E-state index is -0.292. The average Bonchev–Trinajstić information content (AvgIpc) is 2.95. The van der Waals surface area contributed by atoms with Gasteiger partial charge in [-0.05, 0) is 65.7 Å². The molecule has 0 aliphatic rings. The van der Waals surface area contributed by atoms with Gasteiger partial charge in [0.05, 0.1) is 35.7 Å². The van der Waals surface area contributed by atoms with Crippen molar-refractivity contribution >= 4 is 28.1 Å². The molecule has 2 aromatic heterocycles. The maximum absolute atomic E-state index is 12.0. The zero-order valence-electron chi connectivity index (χ0n) is 15.8. The molecule has 0 atom stereocenters. The van der Waals surface area contributed by atoms with Crippen molar-refractivity contribution in [2.45, 2.75) is 20.4 Å².